The van der Waals surface area contributed by atoms with Gasteiger partial charge < -0.3 is 9.88 Å². The SMILES string of the molecule is Cc1ccc2nc(/C(C#N)=C\c3ccc(N4CCCCC4)cc3F)[nH]c2c1. The number of fused-ring (bicyclic) bond motifs is 1. The van der Waals surface area contributed by atoms with Crippen molar-refractivity contribution in [3.05, 3.63) is 59.2 Å². The number of rotatable bonds is 3. The zero-order valence-corrected chi connectivity index (χ0v) is 15.3. The van der Waals surface area contributed by atoms with E-state index in [4.69, 9.17) is 0 Å². The van der Waals surface area contributed by atoms with Gasteiger partial charge in [0, 0.05) is 24.3 Å². The second kappa shape index (κ2) is 7.24. The van der Waals surface area contributed by atoms with Gasteiger partial charge in [-0.05, 0) is 68.2 Å². The summed E-state index contributed by atoms with van der Waals surface area (Å²) in [4.78, 5) is 9.84. The van der Waals surface area contributed by atoms with E-state index in [1.807, 2.05) is 31.2 Å². The minimum atomic E-state index is -0.322. The van der Waals surface area contributed by atoms with Crippen LogP contribution < -0.4 is 4.90 Å². The number of aromatic nitrogens is 2. The van der Waals surface area contributed by atoms with E-state index in [1.165, 1.54) is 6.42 Å². The van der Waals surface area contributed by atoms with Gasteiger partial charge in [0.1, 0.15) is 17.7 Å². The van der Waals surface area contributed by atoms with Crippen molar-refractivity contribution in [1.29, 1.82) is 5.26 Å². The molecule has 1 saturated heterocycles. The van der Waals surface area contributed by atoms with E-state index in [9.17, 15) is 9.65 Å². The smallest absolute Gasteiger partial charge is 0.149 e. The van der Waals surface area contributed by atoms with E-state index >= 15 is 0 Å². The van der Waals surface area contributed by atoms with Gasteiger partial charge in [-0.25, -0.2) is 9.37 Å². The largest absolute Gasteiger partial charge is 0.371 e. The van der Waals surface area contributed by atoms with Crippen molar-refractivity contribution in [1.82, 2.24) is 9.97 Å². The Hall–Kier alpha value is -3.13. The van der Waals surface area contributed by atoms with Gasteiger partial charge in [0.15, 0.2) is 0 Å². The summed E-state index contributed by atoms with van der Waals surface area (Å²) in [5, 5.41) is 9.56. The Bertz CT molecular complexity index is 1050. The number of nitrogens with zero attached hydrogens (tertiary/aromatic N) is 3. The van der Waals surface area contributed by atoms with Crippen molar-refractivity contribution < 1.29 is 4.39 Å². The van der Waals surface area contributed by atoms with E-state index in [2.05, 4.69) is 20.9 Å². The summed E-state index contributed by atoms with van der Waals surface area (Å²) in [6.07, 6.45) is 5.09. The average molecular weight is 360 g/mol. The van der Waals surface area contributed by atoms with Crippen LogP contribution in [0.1, 0.15) is 36.2 Å². The summed E-state index contributed by atoms with van der Waals surface area (Å²) in [6, 6.07) is 13.2. The molecule has 0 atom stereocenters. The first-order valence-electron chi connectivity index (χ1n) is 9.27. The van der Waals surface area contributed by atoms with Crippen LogP contribution in [0.25, 0.3) is 22.7 Å². The molecular weight excluding hydrogens is 339 g/mol. The second-order valence-corrected chi connectivity index (χ2v) is 7.03. The maximum atomic E-state index is 14.7. The van der Waals surface area contributed by atoms with Gasteiger partial charge in [0.25, 0.3) is 0 Å². The Morgan fingerprint density at radius 3 is 2.74 bits per heavy atom. The monoisotopic (exact) mass is 360 g/mol. The molecule has 0 radical (unpaired) electrons. The van der Waals surface area contributed by atoms with E-state index in [-0.39, 0.29) is 5.82 Å². The van der Waals surface area contributed by atoms with E-state index in [0.29, 0.717) is 17.0 Å². The molecule has 1 aliphatic rings. The quantitative estimate of drug-likeness (QED) is 0.664. The fourth-order valence-corrected chi connectivity index (χ4v) is 3.54. The van der Waals surface area contributed by atoms with Gasteiger partial charge in [-0.2, -0.15) is 5.26 Å². The van der Waals surface area contributed by atoms with Gasteiger partial charge in [-0.1, -0.05) is 6.07 Å². The predicted octanol–water partition coefficient (Wildman–Crippen LogP) is 5.06. The summed E-state index contributed by atoms with van der Waals surface area (Å²) in [6.45, 7) is 3.94. The lowest BCUT2D eigenvalue weighted by atomic mass is 10.1. The molecule has 1 N–H and O–H groups in total. The van der Waals surface area contributed by atoms with Gasteiger partial charge in [-0.15, -0.1) is 0 Å². The minimum Gasteiger partial charge on any atom is -0.371 e. The Kier molecular flexibility index (Phi) is 4.64. The van der Waals surface area contributed by atoms with Crippen LogP contribution in [0.15, 0.2) is 36.4 Å². The van der Waals surface area contributed by atoms with Crippen molar-refractivity contribution in [3.8, 4) is 6.07 Å². The van der Waals surface area contributed by atoms with Crippen LogP contribution in [0, 0.1) is 24.1 Å². The Labute approximate surface area is 158 Å². The van der Waals surface area contributed by atoms with Crippen molar-refractivity contribution in [2.45, 2.75) is 26.2 Å². The fourth-order valence-electron chi connectivity index (χ4n) is 3.54. The molecule has 4 rings (SSSR count). The molecular formula is C22H21FN4. The summed E-state index contributed by atoms with van der Waals surface area (Å²) < 4.78 is 14.7. The minimum absolute atomic E-state index is 0.313. The van der Waals surface area contributed by atoms with Gasteiger partial charge in [-0.3, -0.25) is 0 Å². The Morgan fingerprint density at radius 1 is 1.19 bits per heavy atom. The summed E-state index contributed by atoms with van der Waals surface area (Å²) in [7, 11) is 0. The van der Waals surface area contributed by atoms with Crippen molar-refractivity contribution >= 4 is 28.4 Å². The molecule has 0 aliphatic carbocycles. The summed E-state index contributed by atoms with van der Waals surface area (Å²) in [5.41, 5.74) is 4.38. The molecule has 1 aromatic heterocycles. The first-order chi connectivity index (χ1) is 13.1. The molecule has 0 spiro atoms. The number of aromatic amines is 1. The van der Waals surface area contributed by atoms with Crippen molar-refractivity contribution in [3.63, 3.8) is 0 Å². The van der Waals surface area contributed by atoms with E-state index in [0.717, 1.165) is 48.2 Å². The molecule has 0 unspecified atom stereocenters. The zero-order valence-electron chi connectivity index (χ0n) is 15.3. The standard InChI is InChI=1S/C22H21FN4/c1-15-5-8-20-21(11-15)26-22(25-20)17(14-24)12-16-6-7-18(13-19(16)23)27-9-3-2-4-10-27/h5-8,11-13H,2-4,9-10H2,1H3,(H,25,26)/b17-12-. The highest BCUT2D eigenvalue weighted by molar-refractivity contribution is 5.90. The molecule has 4 nitrogen and oxygen atoms in total. The number of nitriles is 1. The van der Waals surface area contributed by atoms with Crippen molar-refractivity contribution in [2.24, 2.45) is 0 Å². The number of allylic oxidation sites excluding steroid dienone is 1. The molecule has 2 heterocycles. The highest BCUT2D eigenvalue weighted by Gasteiger charge is 2.14. The van der Waals surface area contributed by atoms with Crippen LogP contribution in [0.2, 0.25) is 0 Å². The normalized spacial score (nSPS) is 15.1. The van der Waals surface area contributed by atoms with Crippen LogP contribution in [-0.2, 0) is 0 Å². The third kappa shape index (κ3) is 3.56. The number of benzene rings is 2. The van der Waals surface area contributed by atoms with Crippen LogP contribution in [0.3, 0.4) is 0 Å². The molecule has 1 aliphatic heterocycles. The number of nitrogens with one attached hydrogen (secondary N) is 1. The first kappa shape index (κ1) is 17.3. The van der Waals surface area contributed by atoms with Crippen LogP contribution in [0.4, 0.5) is 10.1 Å². The lowest BCUT2D eigenvalue weighted by molar-refractivity contribution is 0.574. The zero-order chi connectivity index (χ0) is 18.8. The number of hydrogen-bond donors (Lipinski definition) is 1. The summed E-state index contributed by atoms with van der Waals surface area (Å²) in [5.74, 6) is 0.135. The fraction of sp³-hybridized carbons (Fsp3) is 0.273. The summed E-state index contributed by atoms with van der Waals surface area (Å²) >= 11 is 0. The topological polar surface area (TPSA) is 55.7 Å². The molecule has 136 valence electrons. The predicted molar refractivity (Wildman–Crippen MR) is 107 cm³/mol. The molecule has 1 fully saturated rings. The lowest BCUT2D eigenvalue weighted by Gasteiger charge is -2.28. The highest BCUT2D eigenvalue weighted by atomic mass is 19.1. The van der Waals surface area contributed by atoms with E-state index < -0.39 is 0 Å². The van der Waals surface area contributed by atoms with Gasteiger partial charge in [0.2, 0.25) is 0 Å². The molecule has 5 heteroatoms. The Morgan fingerprint density at radius 2 is 2.00 bits per heavy atom. The van der Waals surface area contributed by atoms with Gasteiger partial charge in [0.05, 0.1) is 16.6 Å². The van der Waals surface area contributed by atoms with Crippen LogP contribution >= 0.6 is 0 Å². The molecule has 3 aromatic rings. The van der Waals surface area contributed by atoms with E-state index in [1.54, 1.807) is 18.2 Å². The van der Waals surface area contributed by atoms with Crippen LogP contribution in [0.5, 0.6) is 0 Å². The third-order valence-corrected chi connectivity index (χ3v) is 5.02. The number of anilines is 1. The van der Waals surface area contributed by atoms with Gasteiger partial charge >= 0.3 is 0 Å². The number of piperidine rings is 1. The van der Waals surface area contributed by atoms with Crippen molar-refractivity contribution in [2.75, 3.05) is 18.0 Å². The first-order valence-corrected chi connectivity index (χ1v) is 9.27. The van der Waals surface area contributed by atoms with Crippen LogP contribution in [-0.4, -0.2) is 23.1 Å². The third-order valence-electron chi connectivity index (χ3n) is 5.02. The number of H-pyrrole nitrogens is 1. The molecule has 27 heavy (non-hydrogen) atoms. The maximum Gasteiger partial charge on any atom is 0.149 e. The number of halogens is 1. The lowest BCUT2D eigenvalue weighted by Crippen LogP contribution is -2.29. The molecule has 2 aromatic carbocycles. The number of imidazole rings is 1. The molecule has 0 bridgehead atoms. The molecule has 0 saturated carbocycles. The average Bonchev–Trinajstić information content (AvgIpc) is 3.10. The molecule has 0 amide bonds. The number of aryl methyl sites for hydroxylation is 1. The highest BCUT2D eigenvalue weighted by Crippen LogP contribution is 2.25. The number of hydrogen-bond acceptors (Lipinski definition) is 3. The second-order valence-electron chi connectivity index (χ2n) is 7.03. The maximum absolute atomic E-state index is 14.7. The Balaban J connectivity index is 1.66.